The topological polar surface area (TPSA) is 124 Å². The van der Waals surface area contributed by atoms with Crippen LogP contribution in [0.2, 0.25) is 0 Å². The lowest BCUT2D eigenvalue weighted by atomic mass is 10.0. The number of rotatable bonds is 13. The molecule has 0 aliphatic rings. The highest BCUT2D eigenvalue weighted by Crippen LogP contribution is 2.29. The summed E-state index contributed by atoms with van der Waals surface area (Å²) >= 11 is 1.83. The Kier molecular flexibility index (Phi) is 11.1. The van der Waals surface area contributed by atoms with Gasteiger partial charge in [0.2, 0.25) is 5.91 Å². The van der Waals surface area contributed by atoms with Crippen molar-refractivity contribution in [3.05, 3.63) is 57.5 Å². The molecule has 2 heterocycles. The van der Waals surface area contributed by atoms with Crippen molar-refractivity contribution in [3.8, 4) is 10.6 Å². The first-order valence-corrected chi connectivity index (χ1v) is 13.9. The molecule has 0 aliphatic heterocycles. The number of hydrogen-bond donors (Lipinski definition) is 4. The summed E-state index contributed by atoms with van der Waals surface area (Å²) in [5, 5.41) is 27.3. The molecule has 8 nitrogen and oxygen atoms in total. The number of carbonyl (C=O) groups is 2. The minimum atomic E-state index is -4.42. The van der Waals surface area contributed by atoms with E-state index < -0.39 is 60.3 Å². The van der Waals surface area contributed by atoms with Gasteiger partial charge in [0, 0.05) is 23.6 Å². The Hall–Kier alpha value is -3.01. The molecule has 3 rings (SSSR count). The molecule has 3 aromatic rings. The number of nitrogens with one attached hydrogen (secondary N) is 2. The predicted molar refractivity (Wildman–Crippen MR) is 139 cm³/mol. The number of alkyl halides is 3. The quantitative estimate of drug-likeness (QED) is 0.208. The van der Waals surface area contributed by atoms with Gasteiger partial charge < -0.3 is 20.8 Å². The second-order valence-corrected chi connectivity index (χ2v) is 11.0. The lowest BCUT2D eigenvalue weighted by Gasteiger charge is -2.26. The van der Waals surface area contributed by atoms with Gasteiger partial charge in [-0.1, -0.05) is 0 Å². The zero-order valence-corrected chi connectivity index (χ0v) is 22.8. The Balaban J connectivity index is 1.76. The maximum absolute atomic E-state index is 14.1. The first kappa shape index (κ1) is 31.5. The third-order valence-electron chi connectivity index (χ3n) is 5.77. The van der Waals surface area contributed by atoms with Crippen molar-refractivity contribution in [1.82, 2.24) is 20.6 Å². The first-order valence-electron chi connectivity index (χ1n) is 12.2. The average Bonchev–Trinajstić information content (AvgIpc) is 3.59. The summed E-state index contributed by atoms with van der Waals surface area (Å²) in [6.07, 6.45) is -5.77. The Morgan fingerprint density at radius 3 is 2.48 bits per heavy atom. The Morgan fingerprint density at radius 1 is 1.07 bits per heavy atom. The number of aliphatic hydroxyl groups is 2. The van der Waals surface area contributed by atoms with Crippen LogP contribution in [0.25, 0.3) is 10.6 Å². The van der Waals surface area contributed by atoms with Gasteiger partial charge in [0.05, 0.1) is 18.3 Å². The molecule has 0 spiro atoms. The van der Waals surface area contributed by atoms with Crippen LogP contribution >= 0.6 is 22.7 Å². The molecule has 40 heavy (non-hydrogen) atoms. The minimum absolute atomic E-state index is 0.0157. The zero-order valence-electron chi connectivity index (χ0n) is 21.1. The lowest BCUT2D eigenvalue weighted by molar-refractivity contribution is -0.136. The summed E-state index contributed by atoms with van der Waals surface area (Å²) in [7, 11) is 0. The molecule has 2 unspecified atom stereocenters. The molecule has 2 aromatic heterocycles. The van der Waals surface area contributed by atoms with Gasteiger partial charge in [0.25, 0.3) is 5.91 Å². The average molecular weight is 607 g/mol. The summed E-state index contributed by atoms with van der Waals surface area (Å²) in [6, 6.07) is 0.410. The standard InChI is InChI=1S/C25H27F5N4O4S2/c1-13(35)4-7-18(34-22(38)19-12-32-23(40-19)15-11-14(26)5-6-16(15)27)21(37)33-17(3-2-8-25(28,29)30)20(36)24-31-9-10-39-24/h5-6,9-13,17-18,20,35-36H,2-4,7-8H2,1H3,(H,33,37)(H,34,38)/t13?,17-,18-,20?/m0/s1. The van der Waals surface area contributed by atoms with E-state index in [1.807, 2.05) is 0 Å². The van der Waals surface area contributed by atoms with E-state index in [0.29, 0.717) is 0 Å². The van der Waals surface area contributed by atoms with Crippen LogP contribution < -0.4 is 10.6 Å². The number of thiazole rings is 2. The van der Waals surface area contributed by atoms with Gasteiger partial charge in [-0.15, -0.1) is 22.7 Å². The Labute approximate surface area is 234 Å². The van der Waals surface area contributed by atoms with Gasteiger partial charge >= 0.3 is 6.18 Å². The Bertz CT molecular complexity index is 1270. The number of aliphatic hydroxyl groups excluding tert-OH is 2. The monoisotopic (exact) mass is 606 g/mol. The van der Waals surface area contributed by atoms with Crippen molar-refractivity contribution >= 4 is 34.5 Å². The highest BCUT2D eigenvalue weighted by molar-refractivity contribution is 7.16. The van der Waals surface area contributed by atoms with Gasteiger partial charge in [-0.25, -0.2) is 18.7 Å². The summed E-state index contributed by atoms with van der Waals surface area (Å²) < 4.78 is 65.9. The number of nitrogens with zero attached hydrogens (tertiary/aromatic N) is 2. The fourth-order valence-corrected chi connectivity index (χ4v) is 5.26. The smallest absolute Gasteiger partial charge is 0.389 e. The molecule has 1 aromatic carbocycles. The van der Waals surface area contributed by atoms with E-state index in [1.165, 1.54) is 13.1 Å². The molecule has 0 bridgehead atoms. The van der Waals surface area contributed by atoms with Crippen molar-refractivity contribution in [2.45, 2.75) is 69.5 Å². The van der Waals surface area contributed by atoms with Gasteiger partial charge in [0.15, 0.2) is 0 Å². The number of benzene rings is 1. The maximum atomic E-state index is 14.1. The summed E-state index contributed by atoms with van der Waals surface area (Å²) in [6.45, 7) is 1.48. The van der Waals surface area contributed by atoms with E-state index >= 15 is 0 Å². The van der Waals surface area contributed by atoms with E-state index in [1.54, 1.807) is 5.38 Å². The third-order valence-corrected chi connectivity index (χ3v) is 7.65. The van der Waals surface area contributed by atoms with Crippen molar-refractivity contribution in [2.24, 2.45) is 0 Å². The fourth-order valence-electron chi connectivity index (χ4n) is 3.74. The minimum Gasteiger partial charge on any atom is -0.393 e. The fraction of sp³-hybridized carbons (Fsp3) is 0.440. The van der Waals surface area contributed by atoms with E-state index in [4.69, 9.17) is 0 Å². The van der Waals surface area contributed by atoms with Crippen LogP contribution in [-0.4, -0.2) is 56.4 Å². The molecule has 4 N–H and O–H groups in total. The largest absolute Gasteiger partial charge is 0.393 e. The van der Waals surface area contributed by atoms with Crippen molar-refractivity contribution in [1.29, 1.82) is 0 Å². The normalized spacial score (nSPS) is 14.8. The maximum Gasteiger partial charge on any atom is 0.389 e. The van der Waals surface area contributed by atoms with E-state index in [-0.39, 0.29) is 46.1 Å². The molecule has 0 fully saturated rings. The molecular weight excluding hydrogens is 579 g/mol. The van der Waals surface area contributed by atoms with Gasteiger partial charge in [-0.05, 0) is 50.8 Å². The van der Waals surface area contributed by atoms with Crippen LogP contribution in [0, 0.1) is 11.6 Å². The van der Waals surface area contributed by atoms with Gasteiger partial charge in [-0.2, -0.15) is 13.2 Å². The van der Waals surface area contributed by atoms with Gasteiger partial charge in [-0.3, -0.25) is 9.59 Å². The SMILES string of the molecule is CC(O)CC[C@H](NC(=O)c1cnc(-c2cc(F)ccc2F)s1)C(=O)N[C@@H](CCCC(F)(F)F)C(O)c1nccs1. The zero-order chi connectivity index (χ0) is 29.4. The van der Waals surface area contributed by atoms with E-state index in [0.717, 1.165) is 47.1 Å². The molecule has 0 aliphatic carbocycles. The molecule has 15 heteroatoms. The van der Waals surface area contributed by atoms with Crippen molar-refractivity contribution in [2.75, 3.05) is 0 Å². The van der Waals surface area contributed by atoms with Crippen LogP contribution in [0.4, 0.5) is 22.0 Å². The molecule has 0 radical (unpaired) electrons. The first-order chi connectivity index (χ1) is 18.8. The van der Waals surface area contributed by atoms with Crippen LogP contribution in [0.1, 0.15) is 59.8 Å². The molecule has 2 amide bonds. The number of carbonyl (C=O) groups excluding carboxylic acids is 2. The van der Waals surface area contributed by atoms with Crippen LogP contribution in [0.5, 0.6) is 0 Å². The van der Waals surface area contributed by atoms with E-state index in [9.17, 15) is 41.8 Å². The molecule has 218 valence electrons. The van der Waals surface area contributed by atoms with Gasteiger partial charge in [0.1, 0.15) is 38.7 Å². The molecule has 0 saturated heterocycles. The summed E-state index contributed by atoms with van der Waals surface area (Å²) in [4.78, 5) is 34.1. The second-order valence-electron chi connectivity index (χ2n) is 9.04. The number of halogens is 5. The molecule has 4 atom stereocenters. The summed E-state index contributed by atoms with van der Waals surface area (Å²) in [5.41, 5.74) is -0.148. The highest BCUT2D eigenvalue weighted by Gasteiger charge is 2.32. The third kappa shape index (κ3) is 9.28. The number of amides is 2. The highest BCUT2D eigenvalue weighted by atomic mass is 32.1. The van der Waals surface area contributed by atoms with Crippen LogP contribution in [0.3, 0.4) is 0 Å². The second kappa shape index (κ2) is 14.1. The van der Waals surface area contributed by atoms with Crippen molar-refractivity contribution in [3.63, 3.8) is 0 Å². The van der Waals surface area contributed by atoms with Crippen molar-refractivity contribution < 1.29 is 41.8 Å². The van der Waals surface area contributed by atoms with E-state index in [2.05, 4.69) is 20.6 Å². The molecule has 0 saturated carbocycles. The predicted octanol–water partition coefficient (Wildman–Crippen LogP) is 4.76. The van der Waals surface area contributed by atoms with Crippen LogP contribution in [0.15, 0.2) is 36.0 Å². The number of aromatic nitrogens is 2. The molecular formula is C25H27F5N4O4S2. The lowest BCUT2D eigenvalue weighted by Crippen LogP contribution is -2.51. The number of hydrogen-bond acceptors (Lipinski definition) is 8. The van der Waals surface area contributed by atoms with Crippen LogP contribution in [-0.2, 0) is 4.79 Å². The summed E-state index contributed by atoms with van der Waals surface area (Å²) in [5.74, 6) is -2.99. The Morgan fingerprint density at radius 2 is 1.82 bits per heavy atom.